The number of fused-ring (bicyclic) bond motifs is 11. The molecule has 0 aliphatic heterocycles. The van der Waals surface area contributed by atoms with Gasteiger partial charge in [0.2, 0.25) is 0 Å². The van der Waals surface area contributed by atoms with E-state index in [0.29, 0.717) is 0 Å². The van der Waals surface area contributed by atoms with Crippen molar-refractivity contribution in [2.75, 3.05) is 0 Å². The number of rotatable bonds is 6. The monoisotopic (exact) mass is 812 g/mol. The molecule has 2 heteroatoms. The van der Waals surface area contributed by atoms with Crippen LogP contribution in [0, 0.1) is 0 Å². The molecule has 64 heavy (non-hydrogen) atoms. The lowest BCUT2D eigenvalue weighted by atomic mass is 9.90. The molecule has 298 valence electrons. The van der Waals surface area contributed by atoms with E-state index in [-0.39, 0.29) is 0 Å². The molecule has 0 N–H and O–H groups in total. The average molecular weight is 813 g/mol. The average Bonchev–Trinajstić information content (AvgIpc) is 3.91. The Morgan fingerprint density at radius 2 is 0.656 bits per heavy atom. The van der Waals surface area contributed by atoms with Crippen molar-refractivity contribution in [3.8, 4) is 56.0 Å². The molecule has 0 fully saturated rings. The Kier molecular flexibility index (Phi) is 8.25. The second kappa shape index (κ2) is 14.6. The van der Waals surface area contributed by atoms with Gasteiger partial charge in [0.1, 0.15) is 0 Å². The molecule has 0 unspecified atom stereocenters. The van der Waals surface area contributed by atoms with Crippen LogP contribution in [-0.2, 0) is 0 Å². The van der Waals surface area contributed by atoms with Gasteiger partial charge < -0.3 is 9.13 Å². The first-order chi connectivity index (χ1) is 31.8. The van der Waals surface area contributed by atoms with Crippen LogP contribution in [0.1, 0.15) is 0 Å². The van der Waals surface area contributed by atoms with Crippen molar-refractivity contribution < 1.29 is 0 Å². The molecular weight excluding hydrogens is 773 g/mol. The Balaban J connectivity index is 1.07. The lowest BCUT2D eigenvalue weighted by Gasteiger charge is -2.16. The van der Waals surface area contributed by atoms with Crippen molar-refractivity contribution >= 4 is 65.0 Å². The van der Waals surface area contributed by atoms with E-state index in [2.05, 4.69) is 252 Å². The van der Waals surface area contributed by atoms with Gasteiger partial charge in [-0.15, -0.1) is 0 Å². The van der Waals surface area contributed by atoms with Gasteiger partial charge in [0.05, 0.1) is 22.2 Å². The number of hydrogen-bond acceptors (Lipinski definition) is 0. The standard InChI is InChI=1S/C62H40N2/c1-5-18-41(19-6-1)45-32-34-51-52-35-33-46(40-57(52)50-29-14-13-28-49(50)56(51)39-45)44-24-17-27-48(38-44)63-58-31-16-15-30-53(58)54-36-37-55-59(42-20-7-2-8-21-42)60(43-22-9-3-10-23-43)64(62(55)61(54)63)47-25-11-4-12-26-47/h1-40H. The minimum atomic E-state index is 1.12. The van der Waals surface area contributed by atoms with Crippen LogP contribution < -0.4 is 0 Å². The topological polar surface area (TPSA) is 9.86 Å². The number of nitrogens with zero attached hydrogens (tertiary/aromatic N) is 2. The van der Waals surface area contributed by atoms with Gasteiger partial charge in [0, 0.05) is 33.1 Å². The zero-order valence-electron chi connectivity index (χ0n) is 35.0. The van der Waals surface area contributed by atoms with Gasteiger partial charge in [0.25, 0.3) is 0 Å². The summed E-state index contributed by atoms with van der Waals surface area (Å²) >= 11 is 0. The molecule has 0 amide bonds. The van der Waals surface area contributed by atoms with E-state index in [4.69, 9.17) is 0 Å². The van der Waals surface area contributed by atoms with Crippen LogP contribution in [0.5, 0.6) is 0 Å². The molecule has 13 rings (SSSR count). The maximum atomic E-state index is 2.51. The number of hydrogen-bond donors (Lipinski definition) is 0. The van der Waals surface area contributed by atoms with E-state index in [1.165, 1.54) is 110 Å². The van der Waals surface area contributed by atoms with Gasteiger partial charge in [-0.1, -0.05) is 200 Å². The first kappa shape index (κ1) is 36.2. The normalized spacial score (nSPS) is 11.8. The number of para-hydroxylation sites is 2. The fourth-order valence-corrected chi connectivity index (χ4v) is 10.5. The summed E-state index contributed by atoms with van der Waals surface area (Å²) in [7, 11) is 0. The van der Waals surface area contributed by atoms with Crippen molar-refractivity contribution in [3.63, 3.8) is 0 Å². The molecule has 0 saturated carbocycles. The minimum Gasteiger partial charge on any atom is -0.307 e. The summed E-state index contributed by atoms with van der Waals surface area (Å²) in [6.07, 6.45) is 0. The fraction of sp³-hybridized carbons (Fsp3) is 0. The summed E-state index contributed by atoms with van der Waals surface area (Å²) in [5.74, 6) is 0. The van der Waals surface area contributed by atoms with Crippen molar-refractivity contribution in [3.05, 3.63) is 243 Å². The molecule has 0 aliphatic carbocycles. The van der Waals surface area contributed by atoms with Crippen molar-refractivity contribution in [2.24, 2.45) is 0 Å². The highest BCUT2D eigenvalue weighted by atomic mass is 15.1. The van der Waals surface area contributed by atoms with Crippen LogP contribution in [0.25, 0.3) is 121 Å². The van der Waals surface area contributed by atoms with Crippen molar-refractivity contribution in [2.45, 2.75) is 0 Å². The van der Waals surface area contributed by atoms with E-state index in [9.17, 15) is 0 Å². The third-order valence-electron chi connectivity index (χ3n) is 13.3. The highest BCUT2D eigenvalue weighted by molar-refractivity contribution is 6.26. The molecule has 0 aliphatic rings. The van der Waals surface area contributed by atoms with Gasteiger partial charge in [0.15, 0.2) is 0 Å². The molecule has 11 aromatic carbocycles. The van der Waals surface area contributed by atoms with Crippen LogP contribution in [0.4, 0.5) is 0 Å². The lowest BCUT2D eigenvalue weighted by molar-refractivity contribution is 1.12. The summed E-state index contributed by atoms with van der Waals surface area (Å²) in [4.78, 5) is 0. The van der Waals surface area contributed by atoms with Crippen LogP contribution in [0.2, 0.25) is 0 Å². The summed E-state index contributed by atoms with van der Waals surface area (Å²) in [5, 5.41) is 11.3. The fourth-order valence-electron chi connectivity index (χ4n) is 10.5. The van der Waals surface area contributed by atoms with E-state index in [0.717, 1.165) is 11.4 Å². The molecule has 0 spiro atoms. The summed E-state index contributed by atoms with van der Waals surface area (Å²) in [6, 6.07) is 89.0. The van der Waals surface area contributed by atoms with Gasteiger partial charge in [-0.05, 0) is 108 Å². The maximum Gasteiger partial charge on any atom is 0.0789 e. The van der Waals surface area contributed by atoms with Crippen molar-refractivity contribution in [1.82, 2.24) is 9.13 Å². The van der Waals surface area contributed by atoms with Gasteiger partial charge in [-0.3, -0.25) is 0 Å². The molecule has 2 aromatic heterocycles. The molecule has 13 aromatic rings. The molecular formula is C62H40N2. The second-order valence-corrected chi connectivity index (χ2v) is 16.8. The molecule has 0 saturated heterocycles. The van der Waals surface area contributed by atoms with Gasteiger partial charge in [-0.2, -0.15) is 0 Å². The molecule has 0 bridgehead atoms. The van der Waals surface area contributed by atoms with E-state index in [1.54, 1.807) is 0 Å². The first-order valence-corrected chi connectivity index (χ1v) is 22.1. The predicted molar refractivity (Wildman–Crippen MR) is 272 cm³/mol. The zero-order valence-corrected chi connectivity index (χ0v) is 35.0. The van der Waals surface area contributed by atoms with Crippen LogP contribution in [0.3, 0.4) is 0 Å². The van der Waals surface area contributed by atoms with Crippen LogP contribution in [-0.4, -0.2) is 9.13 Å². The minimum absolute atomic E-state index is 1.12. The molecule has 0 radical (unpaired) electrons. The Morgan fingerprint density at radius 1 is 0.219 bits per heavy atom. The summed E-state index contributed by atoms with van der Waals surface area (Å²) in [6.45, 7) is 0. The van der Waals surface area contributed by atoms with E-state index >= 15 is 0 Å². The SMILES string of the molecule is c1ccc(-c2ccc3c4ccc(-c5cccc(-n6c7ccccc7c7ccc8c(-c9ccccc9)c(-c9ccccc9)n(-c9ccccc9)c8c76)c5)cc4c4ccccc4c3c2)cc1. The third kappa shape index (κ3) is 5.59. The van der Waals surface area contributed by atoms with Crippen LogP contribution in [0.15, 0.2) is 243 Å². The Hall–Kier alpha value is -8.46. The molecule has 2 nitrogen and oxygen atoms in total. The maximum absolute atomic E-state index is 2.51. The summed E-state index contributed by atoms with van der Waals surface area (Å²) < 4.78 is 5.02. The Morgan fingerprint density at radius 3 is 1.31 bits per heavy atom. The third-order valence-corrected chi connectivity index (χ3v) is 13.3. The van der Waals surface area contributed by atoms with Gasteiger partial charge in [-0.25, -0.2) is 0 Å². The smallest absolute Gasteiger partial charge is 0.0789 e. The molecule has 2 heterocycles. The summed E-state index contributed by atoms with van der Waals surface area (Å²) in [5.41, 5.74) is 15.4. The Bertz CT molecular complexity index is 3900. The number of benzene rings is 11. The second-order valence-electron chi connectivity index (χ2n) is 16.8. The zero-order chi connectivity index (χ0) is 42.1. The highest BCUT2D eigenvalue weighted by Crippen LogP contribution is 2.48. The van der Waals surface area contributed by atoms with Crippen LogP contribution >= 0.6 is 0 Å². The highest BCUT2D eigenvalue weighted by Gasteiger charge is 2.26. The van der Waals surface area contributed by atoms with E-state index < -0.39 is 0 Å². The van der Waals surface area contributed by atoms with E-state index in [1.807, 2.05) is 0 Å². The largest absolute Gasteiger partial charge is 0.307 e. The lowest BCUT2D eigenvalue weighted by Crippen LogP contribution is -2.00. The Labute approximate surface area is 371 Å². The quantitative estimate of drug-likeness (QED) is 0.148. The van der Waals surface area contributed by atoms with Gasteiger partial charge >= 0.3 is 0 Å². The predicted octanol–water partition coefficient (Wildman–Crippen LogP) is 16.9. The molecule has 0 atom stereocenters. The number of aromatic nitrogens is 2. The first-order valence-electron chi connectivity index (χ1n) is 22.1. The van der Waals surface area contributed by atoms with Crippen molar-refractivity contribution in [1.29, 1.82) is 0 Å².